The SMILES string of the molecule is Cc1ccc(S(=O)(=O)NCCC(=O)NCC(c2ccc(F)cc2)N2CCOCC2)cc1. The monoisotopic (exact) mass is 449 g/mol. The number of carbonyl (C=O) groups excluding carboxylic acids is 1. The molecule has 0 aromatic heterocycles. The first-order valence-electron chi connectivity index (χ1n) is 10.3. The summed E-state index contributed by atoms with van der Waals surface area (Å²) in [6, 6.07) is 12.7. The van der Waals surface area contributed by atoms with Gasteiger partial charge in [-0.25, -0.2) is 17.5 Å². The number of ether oxygens (including phenoxy) is 1. The number of hydrogen-bond donors (Lipinski definition) is 2. The van der Waals surface area contributed by atoms with Crippen LogP contribution in [0.2, 0.25) is 0 Å². The fraction of sp³-hybridized carbons (Fsp3) is 0.409. The summed E-state index contributed by atoms with van der Waals surface area (Å²) in [5, 5.41) is 2.88. The highest BCUT2D eigenvalue weighted by atomic mass is 32.2. The van der Waals surface area contributed by atoms with E-state index in [0.717, 1.165) is 11.1 Å². The summed E-state index contributed by atoms with van der Waals surface area (Å²) < 4.78 is 45.8. The van der Waals surface area contributed by atoms with Crippen molar-refractivity contribution in [2.75, 3.05) is 39.4 Å². The molecule has 1 amide bonds. The number of rotatable bonds is 9. The van der Waals surface area contributed by atoms with Gasteiger partial charge in [-0.15, -0.1) is 0 Å². The summed E-state index contributed by atoms with van der Waals surface area (Å²) in [6.07, 6.45) is 0.0182. The Morgan fingerprint density at radius 2 is 1.74 bits per heavy atom. The lowest BCUT2D eigenvalue weighted by Gasteiger charge is -2.35. The fourth-order valence-corrected chi connectivity index (χ4v) is 4.46. The Labute approximate surface area is 182 Å². The first kappa shape index (κ1) is 23.3. The Bertz CT molecular complexity index is 959. The molecule has 9 heteroatoms. The van der Waals surface area contributed by atoms with Crippen molar-refractivity contribution < 1.29 is 22.3 Å². The summed E-state index contributed by atoms with van der Waals surface area (Å²) >= 11 is 0. The molecule has 1 aliphatic rings. The zero-order valence-electron chi connectivity index (χ0n) is 17.5. The molecule has 31 heavy (non-hydrogen) atoms. The quantitative estimate of drug-likeness (QED) is 0.611. The zero-order chi connectivity index (χ0) is 22.3. The number of hydrogen-bond acceptors (Lipinski definition) is 5. The highest BCUT2D eigenvalue weighted by Crippen LogP contribution is 2.21. The van der Waals surface area contributed by atoms with Crippen LogP contribution in [-0.2, 0) is 19.6 Å². The van der Waals surface area contributed by atoms with Gasteiger partial charge in [0, 0.05) is 32.6 Å². The molecule has 0 radical (unpaired) electrons. The van der Waals surface area contributed by atoms with Crippen LogP contribution in [0.1, 0.15) is 23.6 Å². The molecule has 1 aliphatic heterocycles. The number of aryl methyl sites for hydroxylation is 1. The van der Waals surface area contributed by atoms with Crippen molar-refractivity contribution in [3.63, 3.8) is 0 Å². The number of nitrogens with zero attached hydrogens (tertiary/aromatic N) is 1. The largest absolute Gasteiger partial charge is 0.379 e. The summed E-state index contributed by atoms with van der Waals surface area (Å²) in [6.45, 7) is 4.86. The van der Waals surface area contributed by atoms with Crippen molar-refractivity contribution in [3.05, 3.63) is 65.5 Å². The molecule has 2 N–H and O–H groups in total. The summed E-state index contributed by atoms with van der Waals surface area (Å²) in [5.41, 5.74) is 1.87. The second kappa shape index (κ2) is 10.8. The summed E-state index contributed by atoms with van der Waals surface area (Å²) in [4.78, 5) is 14.7. The van der Waals surface area contributed by atoms with Crippen molar-refractivity contribution in [2.24, 2.45) is 0 Å². The molecular formula is C22H28FN3O4S. The van der Waals surface area contributed by atoms with Gasteiger partial charge in [-0.05, 0) is 36.8 Å². The molecular weight excluding hydrogens is 421 g/mol. The van der Waals surface area contributed by atoms with E-state index in [1.54, 1.807) is 24.3 Å². The lowest BCUT2D eigenvalue weighted by Crippen LogP contribution is -2.44. The van der Waals surface area contributed by atoms with E-state index in [1.807, 2.05) is 6.92 Å². The molecule has 1 unspecified atom stereocenters. The number of halogens is 1. The number of nitrogens with one attached hydrogen (secondary N) is 2. The van der Waals surface area contributed by atoms with Crippen LogP contribution in [0.15, 0.2) is 53.4 Å². The Balaban J connectivity index is 1.53. The Morgan fingerprint density at radius 3 is 2.39 bits per heavy atom. The van der Waals surface area contributed by atoms with Gasteiger partial charge in [0.05, 0.1) is 24.2 Å². The van der Waals surface area contributed by atoms with Crippen molar-refractivity contribution in [1.82, 2.24) is 14.9 Å². The van der Waals surface area contributed by atoms with Crippen LogP contribution in [0, 0.1) is 12.7 Å². The first-order chi connectivity index (χ1) is 14.8. The minimum absolute atomic E-state index is 0.000806. The second-order valence-electron chi connectivity index (χ2n) is 7.48. The predicted octanol–water partition coefficient (Wildman–Crippen LogP) is 1.99. The van der Waals surface area contributed by atoms with Gasteiger partial charge in [-0.3, -0.25) is 9.69 Å². The molecule has 1 saturated heterocycles. The smallest absolute Gasteiger partial charge is 0.240 e. The molecule has 2 aromatic rings. The van der Waals surface area contributed by atoms with Gasteiger partial charge in [-0.2, -0.15) is 0 Å². The first-order valence-corrected chi connectivity index (χ1v) is 11.7. The van der Waals surface area contributed by atoms with Crippen LogP contribution in [0.3, 0.4) is 0 Å². The van der Waals surface area contributed by atoms with Crippen LogP contribution in [0.4, 0.5) is 4.39 Å². The van der Waals surface area contributed by atoms with Crippen LogP contribution in [0.5, 0.6) is 0 Å². The molecule has 1 fully saturated rings. The third-order valence-electron chi connectivity index (χ3n) is 5.21. The van der Waals surface area contributed by atoms with Gasteiger partial charge in [0.2, 0.25) is 15.9 Å². The van der Waals surface area contributed by atoms with Crippen LogP contribution < -0.4 is 10.0 Å². The number of benzene rings is 2. The van der Waals surface area contributed by atoms with E-state index in [1.165, 1.54) is 24.3 Å². The molecule has 0 bridgehead atoms. The van der Waals surface area contributed by atoms with E-state index in [4.69, 9.17) is 4.74 Å². The predicted molar refractivity (Wildman–Crippen MR) is 116 cm³/mol. The van der Waals surface area contributed by atoms with E-state index < -0.39 is 10.0 Å². The Hall–Kier alpha value is -2.33. The number of morpholine rings is 1. The maximum absolute atomic E-state index is 13.3. The molecule has 1 atom stereocenters. The number of carbonyl (C=O) groups is 1. The fourth-order valence-electron chi connectivity index (χ4n) is 3.43. The molecule has 168 valence electrons. The molecule has 3 rings (SSSR count). The zero-order valence-corrected chi connectivity index (χ0v) is 18.3. The highest BCUT2D eigenvalue weighted by molar-refractivity contribution is 7.89. The Kier molecular flexibility index (Phi) is 8.14. The van der Waals surface area contributed by atoms with Crippen LogP contribution in [0.25, 0.3) is 0 Å². The average Bonchev–Trinajstić information content (AvgIpc) is 2.76. The topological polar surface area (TPSA) is 87.7 Å². The maximum atomic E-state index is 13.3. The van der Waals surface area contributed by atoms with Crippen molar-refractivity contribution in [2.45, 2.75) is 24.3 Å². The minimum atomic E-state index is -3.66. The number of sulfonamides is 1. The van der Waals surface area contributed by atoms with Crippen molar-refractivity contribution >= 4 is 15.9 Å². The van der Waals surface area contributed by atoms with Gasteiger partial charge in [0.1, 0.15) is 5.82 Å². The molecule has 2 aromatic carbocycles. The van der Waals surface area contributed by atoms with Crippen molar-refractivity contribution in [3.8, 4) is 0 Å². The third-order valence-corrected chi connectivity index (χ3v) is 6.69. The normalized spacial score (nSPS) is 16.1. The van der Waals surface area contributed by atoms with E-state index in [2.05, 4.69) is 14.9 Å². The highest BCUT2D eigenvalue weighted by Gasteiger charge is 2.23. The summed E-state index contributed by atoms with van der Waals surface area (Å²) in [5.74, 6) is -0.568. The molecule has 0 saturated carbocycles. The molecule has 7 nitrogen and oxygen atoms in total. The van der Waals surface area contributed by atoms with Gasteiger partial charge < -0.3 is 10.1 Å². The summed E-state index contributed by atoms with van der Waals surface area (Å²) in [7, 11) is -3.66. The van der Waals surface area contributed by atoms with E-state index in [9.17, 15) is 17.6 Å². The van der Waals surface area contributed by atoms with Crippen molar-refractivity contribution in [1.29, 1.82) is 0 Å². The van der Waals surface area contributed by atoms with E-state index >= 15 is 0 Å². The maximum Gasteiger partial charge on any atom is 0.240 e. The minimum Gasteiger partial charge on any atom is -0.379 e. The second-order valence-corrected chi connectivity index (χ2v) is 9.25. The molecule has 0 spiro atoms. The Morgan fingerprint density at radius 1 is 1.10 bits per heavy atom. The van der Waals surface area contributed by atoms with Gasteiger partial charge in [0.15, 0.2) is 0 Å². The van der Waals surface area contributed by atoms with E-state index in [-0.39, 0.29) is 35.6 Å². The van der Waals surface area contributed by atoms with E-state index in [0.29, 0.717) is 32.8 Å². The lowest BCUT2D eigenvalue weighted by atomic mass is 10.0. The van der Waals surface area contributed by atoms with Crippen LogP contribution in [-0.4, -0.2) is 58.6 Å². The number of amides is 1. The van der Waals surface area contributed by atoms with Gasteiger partial charge in [-0.1, -0.05) is 29.8 Å². The van der Waals surface area contributed by atoms with Gasteiger partial charge >= 0.3 is 0 Å². The average molecular weight is 450 g/mol. The molecule has 1 heterocycles. The van der Waals surface area contributed by atoms with Gasteiger partial charge in [0.25, 0.3) is 0 Å². The third kappa shape index (κ3) is 6.83. The molecule has 0 aliphatic carbocycles. The van der Waals surface area contributed by atoms with Crippen LogP contribution >= 0.6 is 0 Å². The standard InChI is InChI=1S/C22H28FN3O4S/c1-17-2-8-20(9-3-17)31(28,29)25-11-10-22(27)24-16-21(26-12-14-30-15-13-26)18-4-6-19(23)7-5-18/h2-9,21,25H,10-16H2,1H3,(H,24,27). The lowest BCUT2D eigenvalue weighted by molar-refractivity contribution is -0.121.